The van der Waals surface area contributed by atoms with E-state index in [0.29, 0.717) is 18.3 Å². The Balaban J connectivity index is 1.80. The molecule has 5 nitrogen and oxygen atoms in total. The normalized spacial score (nSPS) is 10.5. The van der Waals surface area contributed by atoms with Crippen LogP contribution in [-0.2, 0) is 13.1 Å². The van der Waals surface area contributed by atoms with Gasteiger partial charge in [-0.25, -0.2) is 0 Å². The minimum absolute atomic E-state index is 0.579. The summed E-state index contributed by atoms with van der Waals surface area (Å²) < 4.78 is 4.96. The molecule has 0 aromatic carbocycles. The quantitative estimate of drug-likeness (QED) is 0.806. The largest absolute Gasteiger partial charge is 0.338 e. The number of aromatic nitrogens is 3. The summed E-state index contributed by atoms with van der Waals surface area (Å²) in [6, 6.07) is 3.92. The summed E-state index contributed by atoms with van der Waals surface area (Å²) in [6.07, 6.45) is 3.58. The Morgan fingerprint density at radius 3 is 3.00 bits per heavy atom. The van der Waals surface area contributed by atoms with Crippen molar-refractivity contribution < 1.29 is 4.52 Å². The number of aryl methyl sites for hydroxylation is 1. The van der Waals surface area contributed by atoms with E-state index in [0.717, 1.165) is 12.1 Å². The molecule has 2 rings (SSSR count). The van der Waals surface area contributed by atoms with Crippen molar-refractivity contribution in [2.45, 2.75) is 20.0 Å². The first-order valence-corrected chi connectivity index (χ1v) is 4.73. The first-order chi connectivity index (χ1) is 7.34. The topological polar surface area (TPSA) is 63.8 Å². The smallest absolute Gasteiger partial charge is 0.240 e. The van der Waals surface area contributed by atoms with Crippen LogP contribution in [0.5, 0.6) is 0 Å². The SMILES string of the molecule is Cc1noc(CNCc2cccnc2)n1. The summed E-state index contributed by atoms with van der Waals surface area (Å²) in [4.78, 5) is 8.11. The highest BCUT2D eigenvalue weighted by molar-refractivity contribution is 5.07. The van der Waals surface area contributed by atoms with Gasteiger partial charge in [0.05, 0.1) is 6.54 Å². The van der Waals surface area contributed by atoms with E-state index < -0.39 is 0 Å². The molecule has 1 N–H and O–H groups in total. The van der Waals surface area contributed by atoms with Crippen LogP contribution in [0.1, 0.15) is 17.3 Å². The van der Waals surface area contributed by atoms with Gasteiger partial charge in [0, 0.05) is 18.9 Å². The molecule has 0 aliphatic rings. The van der Waals surface area contributed by atoms with Crippen LogP contribution in [-0.4, -0.2) is 15.1 Å². The predicted molar refractivity (Wildman–Crippen MR) is 53.8 cm³/mol. The number of pyridine rings is 1. The second-order valence-electron chi connectivity index (χ2n) is 3.20. The molecule has 0 spiro atoms. The van der Waals surface area contributed by atoms with Crippen LogP contribution >= 0.6 is 0 Å². The zero-order chi connectivity index (χ0) is 10.5. The van der Waals surface area contributed by atoms with Crippen molar-refractivity contribution in [1.29, 1.82) is 0 Å². The van der Waals surface area contributed by atoms with E-state index in [1.165, 1.54) is 0 Å². The fraction of sp³-hybridized carbons (Fsp3) is 0.300. The van der Waals surface area contributed by atoms with Crippen molar-refractivity contribution >= 4 is 0 Å². The average molecular weight is 204 g/mol. The van der Waals surface area contributed by atoms with Crippen molar-refractivity contribution in [3.63, 3.8) is 0 Å². The number of hydrogen-bond acceptors (Lipinski definition) is 5. The Kier molecular flexibility index (Phi) is 3.04. The summed E-state index contributed by atoms with van der Waals surface area (Å²) in [5.74, 6) is 1.27. The molecule has 0 saturated carbocycles. The minimum atomic E-state index is 0.579. The lowest BCUT2D eigenvalue weighted by molar-refractivity contribution is 0.364. The minimum Gasteiger partial charge on any atom is -0.338 e. The van der Waals surface area contributed by atoms with Crippen LogP contribution < -0.4 is 5.32 Å². The second kappa shape index (κ2) is 4.65. The molecular formula is C10H12N4O. The second-order valence-corrected chi connectivity index (χ2v) is 3.20. The van der Waals surface area contributed by atoms with Gasteiger partial charge in [0.25, 0.3) is 0 Å². The van der Waals surface area contributed by atoms with Gasteiger partial charge < -0.3 is 9.84 Å². The molecule has 0 amide bonds. The van der Waals surface area contributed by atoms with E-state index in [2.05, 4.69) is 20.4 Å². The first kappa shape index (κ1) is 9.79. The molecule has 0 aliphatic heterocycles. The molecule has 2 heterocycles. The lowest BCUT2D eigenvalue weighted by Gasteiger charge is -2.00. The summed E-state index contributed by atoms with van der Waals surface area (Å²) in [7, 11) is 0. The van der Waals surface area contributed by atoms with Crippen LogP contribution in [0.15, 0.2) is 29.0 Å². The molecule has 0 bridgehead atoms. The molecule has 0 radical (unpaired) electrons. The average Bonchev–Trinajstić information content (AvgIpc) is 2.66. The Labute approximate surface area is 87.5 Å². The van der Waals surface area contributed by atoms with Crippen molar-refractivity contribution in [3.8, 4) is 0 Å². The number of nitrogens with zero attached hydrogens (tertiary/aromatic N) is 3. The third-order valence-corrected chi connectivity index (χ3v) is 1.90. The summed E-state index contributed by atoms with van der Waals surface area (Å²) in [6.45, 7) is 3.12. The standard InChI is InChI=1S/C10H12N4O/c1-8-13-10(15-14-8)7-12-6-9-3-2-4-11-5-9/h2-5,12H,6-7H2,1H3. The van der Waals surface area contributed by atoms with Gasteiger partial charge in [0.1, 0.15) is 0 Å². The molecule has 0 fully saturated rings. The molecule has 0 atom stereocenters. The molecule has 78 valence electrons. The van der Waals surface area contributed by atoms with Gasteiger partial charge in [-0.2, -0.15) is 4.98 Å². The van der Waals surface area contributed by atoms with E-state index in [-0.39, 0.29) is 0 Å². The monoisotopic (exact) mass is 204 g/mol. The van der Waals surface area contributed by atoms with Crippen LogP contribution in [0.25, 0.3) is 0 Å². The molecule has 5 heteroatoms. The summed E-state index contributed by atoms with van der Waals surface area (Å²) >= 11 is 0. The van der Waals surface area contributed by atoms with E-state index in [1.54, 1.807) is 13.1 Å². The Morgan fingerprint density at radius 2 is 2.33 bits per heavy atom. The third kappa shape index (κ3) is 2.85. The maximum Gasteiger partial charge on any atom is 0.240 e. The number of nitrogens with one attached hydrogen (secondary N) is 1. The lowest BCUT2D eigenvalue weighted by atomic mass is 10.3. The molecule has 0 unspecified atom stereocenters. The molecule has 2 aromatic rings. The highest BCUT2D eigenvalue weighted by Gasteiger charge is 2.01. The predicted octanol–water partition coefficient (Wildman–Crippen LogP) is 1.06. The maximum absolute atomic E-state index is 4.96. The maximum atomic E-state index is 4.96. The van der Waals surface area contributed by atoms with Gasteiger partial charge >= 0.3 is 0 Å². The fourth-order valence-electron chi connectivity index (χ4n) is 1.23. The zero-order valence-electron chi connectivity index (χ0n) is 8.47. The van der Waals surface area contributed by atoms with Crippen molar-refractivity contribution in [3.05, 3.63) is 41.8 Å². The van der Waals surface area contributed by atoms with Crippen LogP contribution in [0.3, 0.4) is 0 Å². The van der Waals surface area contributed by atoms with Crippen LogP contribution in [0.2, 0.25) is 0 Å². The summed E-state index contributed by atoms with van der Waals surface area (Å²) in [5.41, 5.74) is 1.13. The highest BCUT2D eigenvalue weighted by atomic mass is 16.5. The van der Waals surface area contributed by atoms with Crippen molar-refractivity contribution in [2.75, 3.05) is 0 Å². The Morgan fingerprint density at radius 1 is 1.40 bits per heavy atom. The highest BCUT2D eigenvalue weighted by Crippen LogP contribution is 1.97. The Bertz CT molecular complexity index is 412. The van der Waals surface area contributed by atoms with Crippen LogP contribution in [0.4, 0.5) is 0 Å². The van der Waals surface area contributed by atoms with Gasteiger partial charge in [-0.05, 0) is 18.6 Å². The lowest BCUT2D eigenvalue weighted by Crippen LogP contribution is -2.12. The molecule has 15 heavy (non-hydrogen) atoms. The van der Waals surface area contributed by atoms with E-state index in [1.807, 2.05) is 18.3 Å². The third-order valence-electron chi connectivity index (χ3n) is 1.90. The fourth-order valence-corrected chi connectivity index (χ4v) is 1.23. The van der Waals surface area contributed by atoms with E-state index in [4.69, 9.17) is 4.52 Å². The van der Waals surface area contributed by atoms with E-state index in [9.17, 15) is 0 Å². The van der Waals surface area contributed by atoms with Gasteiger partial charge in [-0.1, -0.05) is 11.2 Å². The zero-order valence-corrected chi connectivity index (χ0v) is 8.47. The van der Waals surface area contributed by atoms with E-state index >= 15 is 0 Å². The van der Waals surface area contributed by atoms with Gasteiger partial charge in [0.2, 0.25) is 5.89 Å². The van der Waals surface area contributed by atoms with Crippen molar-refractivity contribution in [1.82, 2.24) is 20.4 Å². The molecule has 0 saturated heterocycles. The number of rotatable bonds is 4. The summed E-state index contributed by atoms with van der Waals surface area (Å²) in [5, 5.41) is 6.90. The van der Waals surface area contributed by atoms with Gasteiger partial charge in [-0.15, -0.1) is 0 Å². The van der Waals surface area contributed by atoms with Gasteiger partial charge in [-0.3, -0.25) is 4.98 Å². The molecule has 2 aromatic heterocycles. The van der Waals surface area contributed by atoms with Crippen LogP contribution in [0, 0.1) is 6.92 Å². The number of hydrogen-bond donors (Lipinski definition) is 1. The van der Waals surface area contributed by atoms with Gasteiger partial charge in [0.15, 0.2) is 5.82 Å². The first-order valence-electron chi connectivity index (χ1n) is 4.73. The van der Waals surface area contributed by atoms with Crippen molar-refractivity contribution in [2.24, 2.45) is 0 Å². The molecular weight excluding hydrogens is 192 g/mol. The molecule has 0 aliphatic carbocycles. The Hall–Kier alpha value is -1.75.